The first-order valence-electron chi connectivity index (χ1n) is 3.85. The highest BCUT2D eigenvalue weighted by molar-refractivity contribution is 5.79. The zero-order valence-electron chi connectivity index (χ0n) is 6.81. The fourth-order valence-electron chi connectivity index (χ4n) is 1.17. The summed E-state index contributed by atoms with van der Waals surface area (Å²) in [6, 6.07) is 9.42. The van der Waals surface area contributed by atoms with Crippen molar-refractivity contribution < 1.29 is 9.53 Å². The predicted molar refractivity (Wildman–Crippen MR) is 48.4 cm³/mol. The third-order valence-electron chi connectivity index (χ3n) is 1.75. The molecule has 0 bridgehead atoms. The van der Waals surface area contributed by atoms with Crippen LogP contribution in [0.1, 0.15) is 0 Å². The van der Waals surface area contributed by atoms with Gasteiger partial charge in [-0.05, 0) is 12.1 Å². The highest BCUT2D eigenvalue weighted by Gasteiger charge is 1.96. The SMILES string of the molecule is O=COc1cnc2ccccc2c1. The van der Waals surface area contributed by atoms with Gasteiger partial charge in [-0.1, -0.05) is 18.2 Å². The molecule has 0 aliphatic carbocycles. The molecule has 0 aliphatic rings. The van der Waals surface area contributed by atoms with E-state index in [2.05, 4.69) is 9.72 Å². The molecule has 1 aromatic heterocycles. The van der Waals surface area contributed by atoms with Gasteiger partial charge in [0, 0.05) is 5.39 Å². The highest BCUT2D eigenvalue weighted by Crippen LogP contribution is 2.16. The Hall–Kier alpha value is -1.90. The minimum Gasteiger partial charge on any atom is -0.427 e. The van der Waals surface area contributed by atoms with Gasteiger partial charge in [-0.3, -0.25) is 9.78 Å². The van der Waals surface area contributed by atoms with E-state index < -0.39 is 0 Å². The molecule has 0 N–H and O–H groups in total. The molecule has 0 saturated heterocycles. The maximum atomic E-state index is 10.1. The Morgan fingerprint density at radius 2 is 2.15 bits per heavy atom. The second-order valence-corrected chi connectivity index (χ2v) is 2.58. The number of rotatable bonds is 2. The first kappa shape index (κ1) is 7.73. The minimum absolute atomic E-state index is 0.395. The quantitative estimate of drug-likeness (QED) is 0.649. The van der Waals surface area contributed by atoms with Crippen molar-refractivity contribution in [2.24, 2.45) is 0 Å². The van der Waals surface area contributed by atoms with Crippen molar-refractivity contribution in [2.45, 2.75) is 0 Å². The van der Waals surface area contributed by atoms with Crippen molar-refractivity contribution in [2.75, 3.05) is 0 Å². The van der Waals surface area contributed by atoms with Crippen LogP contribution in [0.5, 0.6) is 5.75 Å². The fraction of sp³-hybridized carbons (Fsp3) is 0. The van der Waals surface area contributed by atoms with Gasteiger partial charge >= 0.3 is 0 Å². The van der Waals surface area contributed by atoms with Gasteiger partial charge in [0.15, 0.2) is 0 Å². The molecule has 2 rings (SSSR count). The number of nitrogens with zero attached hydrogens (tertiary/aromatic N) is 1. The molecule has 64 valence electrons. The van der Waals surface area contributed by atoms with Crippen LogP contribution in [0.3, 0.4) is 0 Å². The number of aromatic nitrogens is 1. The molecule has 3 heteroatoms. The summed E-state index contributed by atoms with van der Waals surface area (Å²) in [6.07, 6.45) is 1.52. The number of ether oxygens (including phenoxy) is 1. The van der Waals surface area contributed by atoms with Crippen LogP contribution >= 0.6 is 0 Å². The summed E-state index contributed by atoms with van der Waals surface area (Å²) in [4.78, 5) is 14.2. The lowest BCUT2D eigenvalue weighted by Crippen LogP contribution is -1.89. The van der Waals surface area contributed by atoms with E-state index in [4.69, 9.17) is 0 Å². The minimum atomic E-state index is 0.395. The molecular formula is C10H7NO2. The summed E-state index contributed by atoms with van der Waals surface area (Å²) in [7, 11) is 0. The number of benzene rings is 1. The normalized spacial score (nSPS) is 9.85. The zero-order chi connectivity index (χ0) is 9.10. The van der Waals surface area contributed by atoms with Gasteiger partial charge in [0.2, 0.25) is 0 Å². The molecular weight excluding hydrogens is 166 g/mol. The maximum Gasteiger partial charge on any atom is 0.298 e. The third kappa shape index (κ3) is 1.49. The highest BCUT2D eigenvalue weighted by atomic mass is 16.5. The first-order valence-corrected chi connectivity index (χ1v) is 3.85. The molecule has 13 heavy (non-hydrogen) atoms. The second-order valence-electron chi connectivity index (χ2n) is 2.58. The van der Waals surface area contributed by atoms with Crippen molar-refractivity contribution >= 4 is 17.4 Å². The topological polar surface area (TPSA) is 39.2 Å². The van der Waals surface area contributed by atoms with Gasteiger partial charge < -0.3 is 4.74 Å². The van der Waals surface area contributed by atoms with Crippen LogP contribution in [0.4, 0.5) is 0 Å². The smallest absolute Gasteiger partial charge is 0.298 e. The first-order chi connectivity index (χ1) is 6.40. The third-order valence-corrected chi connectivity index (χ3v) is 1.75. The Morgan fingerprint density at radius 1 is 1.31 bits per heavy atom. The average molecular weight is 173 g/mol. The number of carbonyl (C=O) groups is 1. The lowest BCUT2D eigenvalue weighted by molar-refractivity contribution is -0.120. The van der Waals surface area contributed by atoms with Gasteiger partial charge in [-0.25, -0.2) is 0 Å². The number of carbonyl (C=O) groups excluding carboxylic acids is 1. The van der Waals surface area contributed by atoms with Gasteiger partial charge in [0.05, 0.1) is 11.7 Å². The molecule has 0 amide bonds. The van der Waals surface area contributed by atoms with E-state index in [1.54, 1.807) is 6.07 Å². The van der Waals surface area contributed by atoms with Crippen LogP contribution in [0, 0.1) is 0 Å². The summed E-state index contributed by atoms with van der Waals surface area (Å²) in [6.45, 7) is 0.395. The van der Waals surface area contributed by atoms with Crippen molar-refractivity contribution in [3.8, 4) is 5.75 Å². The van der Waals surface area contributed by atoms with Crippen LogP contribution in [0.15, 0.2) is 36.5 Å². The van der Waals surface area contributed by atoms with Crippen molar-refractivity contribution in [3.63, 3.8) is 0 Å². The Morgan fingerprint density at radius 3 is 3.00 bits per heavy atom. The van der Waals surface area contributed by atoms with Gasteiger partial charge in [0.1, 0.15) is 5.75 Å². The van der Waals surface area contributed by atoms with E-state index >= 15 is 0 Å². The predicted octanol–water partition coefficient (Wildman–Crippen LogP) is 1.77. The Bertz CT molecular complexity index is 440. The van der Waals surface area contributed by atoms with E-state index in [1.807, 2.05) is 24.3 Å². The lowest BCUT2D eigenvalue weighted by atomic mass is 10.2. The molecule has 2 aromatic rings. The second kappa shape index (κ2) is 3.23. The molecule has 0 saturated carbocycles. The van der Waals surface area contributed by atoms with Crippen LogP contribution in [-0.2, 0) is 4.79 Å². The molecule has 0 unspecified atom stereocenters. The van der Waals surface area contributed by atoms with Crippen LogP contribution < -0.4 is 4.74 Å². The average Bonchev–Trinajstić information content (AvgIpc) is 2.18. The summed E-state index contributed by atoms with van der Waals surface area (Å²) in [5, 5.41) is 0.960. The fourth-order valence-corrected chi connectivity index (χ4v) is 1.17. The Labute approximate surface area is 75.0 Å². The zero-order valence-corrected chi connectivity index (χ0v) is 6.81. The van der Waals surface area contributed by atoms with Crippen LogP contribution in [0.25, 0.3) is 10.9 Å². The monoisotopic (exact) mass is 173 g/mol. The van der Waals surface area contributed by atoms with Gasteiger partial charge in [-0.15, -0.1) is 0 Å². The van der Waals surface area contributed by atoms with E-state index in [0.717, 1.165) is 10.9 Å². The summed E-state index contributed by atoms with van der Waals surface area (Å²) >= 11 is 0. The molecule has 0 fully saturated rings. The standard InChI is InChI=1S/C10H7NO2/c12-7-13-9-5-8-3-1-2-4-10(8)11-6-9/h1-7H. The Kier molecular flexibility index (Phi) is 1.92. The van der Waals surface area contributed by atoms with Crippen LogP contribution in [0.2, 0.25) is 0 Å². The lowest BCUT2D eigenvalue weighted by Gasteiger charge is -1.98. The largest absolute Gasteiger partial charge is 0.427 e. The van der Waals surface area contributed by atoms with Gasteiger partial charge in [-0.2, -0.15) is 0 Å². The summed E-state index contributed by atoms with van der Waals surface area (Å²) < 4.78 is 4.67. The number of para-hydroxylation sites is 1. The van der Waals surface area contributed by atoms with Crippen molar-refractivity contribution in [3.05, 3.63) is 36.5 Å². The number of hydrogen-bond acceptors (Lipinski definition) is 3. The molecule has 0 aliphatic heterocycles. The van der Waals surface area contributed by atoms with Crippen molar-refractivity contribution in [1.29, 1.82) is 0 Å². The van der Waals surface area contributed by atoms with E-state index in [1.165, 1.54) is 6.20 Å². The summed E-state index contributed by atoms with van der Waals surface area (Å²) in [5.41, 5.74) is 0.890. The number of pyridine rings is 1. The molecule has 0 radical (unpaired) electrons. The molecule has 1 heterocycles. The maximum absolute atomic E-state index is 10.1. The molecule has 1 aromatic carbocycles. The number of hydrogen-bond donors (Lipinski definition) is 0. The van der Waals surface area contributed by atoms with Crippen LogP contribution in [-0.4, -0.2) is 11.5 Å². The van der Waals surface area contributed by atoms with E-state index in [9.17, 15) is 4.79 Å². The molecule has 0 atom stereocenters. The Balaban J connectivity index is 2.55. The van der Waals surface area contributed by atoms with E-state index in [-0.39, 0.29) is 0 Å². The van der Waals surface area contributed by atoms with Crippen molar-refractivity contribution in [1.82, 2.24) is 4.98 Å². The molecule has 0 spiro atoms. The summed E-state index contributed by atoms with van der Waals surface area (Å²) in [5.74, 6) is 0.466. The number of fused-ring (bicyclic) bond motifs is 1. The van der Waals surface area contributed by atoms with Gasteiger partial charge in [0.25, 0.3) is 6.47 Å². The molecule has 3 nitrogen and oxygen atoms in total. The van der Waals surface area contributed by atoms with E-state index in [0.29, 0.717) is 12.2 Å².